The minimum absolute atomic E-state index is 0.0672. The molecule has 96 valence electrons. The first kappa shape index (κ1) is 12.6. The highest BCUT2D eigenvalue weighted by Crippen LogP contribution is 2.12. The molecule has 2 N–H and O–H groups in total. The average Bonchev–Trinajstić information content (AvgIpc) is 2.41. The van der Waals surface area contributed by atoms with Gasteiger partial charge in [-0.25, -0.2) is 5.43 Å². The minimum atomic E-state index is -0.503. The molecule has 1 heterocycles. The van der Waals surface area contributed by atoms with Crippen molar-refractivity contribution >= 4 is 12.1 Å². The van der Waals surface area contributed by atoms with Gasteiger partial charge in [0.15, 0.2) is 12.4 Å². The molecule has 19 heavy (non-hydrogen) atoms. The number of aromatic nitrogens is 1. The van der Waals surface area contributed by atoms with E-state index in [1.807, 2.05) is 0 Å². The molecule has 0 bridgehead atoms. The van der Waals surface area contributed by atoms with Crippen molar-refractivity contribution in [3.05, 3.63) is 65.1 Å². The lowest BCUT2D eigenvalue weighted by Crippen LogP contribution is -2.28. The fourth-order valence-electron chi connectivity index (χ4n) is 1.41. The van der Waals surface area contributed by atoms with Crippen LogP contribution in [-0.2, 0) is 0 Å². The molecule has 1 aromatic heterocycles. The van der Waals surface area contributed by atoms with Crippen LogP contribution in [0.15, 0.2) is 53.9 Å². The number of rotatable bonds is 3. The first-order valence-electron chi connectivity index (χ1n) is 5.47. The van der Waals surface area contributed by atoms with Gasteiger partial charge in [-0.15, -0.1) is 0 Å². The number of phenols is 1. The van der Waals surface area contributed by atoms with Crippen molar-refractivity contribution in [2.24, 2.45) is 5.10 Å². The molecule has 0 fully saturated rings. The van der Waals surface area contributed by atoms with Crippen molar-refractivity contribution in [3.63, 3.8) is 0 Å². The molecule has 0 radical (unpaired) electrons. The van der Waals surface area contributed by atoms with Gasteiger partial charge in [-0.05, 0) is 18.2 Å². The Morgan fingerprint density at radius 1 is 1.32 bits per heavy atom. The van der Waals surface area contributed by atoms with Gasteiger partial charge in [0.1, 0.15) is 11.3 Å². The van der Waals surface area contributed by atoms with Crippen LogP contribution in [-0.4, -0.2) is 17.2 Å². The molecular weight excluding hydrogens is 246 g/mol. The number of amides is 1. The van der Waals surface area contributed by atoms with Crippen LogP contribution in [0.3, 0.4) is 0 Å². The largest absolute Gasteiger partial charge is 0.619 e. The van der Waals surface area contributed by atoms with Crippen LogP contribution < -0.4 is 10.2 Å². The maximum absolute atomic E-state index is 11.6. The fraction of sp³-hybridized carbons (Fsp3) is 0. The molecule has 0 aliphatic heterocycles. The van der Waals surface area contributed by atoms with Gasteiger partial charge in [-0.2, -0.15) is 9.83 Å². The standard InChI is InChI=1S/C13H11N3O3/c17-12-6-2-1-4-10(12)8-14-15-13(18)11-5-3-7-16(19)9-11/h1-9,17H,(H,15,18)/b14-8+. The molecular formula is C13H11N3O3. The van der Waals surface area contributed by atoms with Crippen molar-refractivity contribution in [1.82, 2.24) is 5.43 Å². The van der Waals surface area contributed by atoms with Crippen molar-refractivity contribution in [2.75, 3.05) is 0 Å². The Morgan fingerprint density at radius 2 is 2.11 bits per heavy atom. The number of hydrogen-bond donors (Lipinski definition) is 2. The molecule has 0 saturated carbocycles. The Labute approximate surface area is 109 Å². The summed E-state index contributed by atoms with van der Waals surface area (Å²) in [5.74, 6) is -0.436. The SMILES string of the molecule is O=C(N/N=C/c1ccccc1O)c1ccc[n+]([O-])c1. The molecule has 1 amide bonds. The summed E-state index contributed by atoms with van der Waals surface area (Å²) in [6, 6.07) is 9.55. The van der Waals surface area contributed by atoms with Gasteiger partial charge >= 0.3 is 0 Å². The lowest BCUT2D eigenvalue weighted by atomic mass is 10.2. The van der Waals surface area contributed by atoms with Gasteiger partial charge in [0.25, 0.3) is 5.91 Å². The number of nitrogens with one attached hydrogen (secondary N) is 1. The molecule has 2 rings (SSSR count). The van der Waals surface area contributed by atoms with E-state index in [9.17, 15) is 15.1 Å². The van der Waals surface area contributed by atoms with Crippen molar-refractivity contribution < 1.29 is 14.6 Å². The van der Waals surface area contributed by atoms with Crippen LogP contribution >= 0.6 is 0 Å². The molecule has 1 aromatic carbocycles. The molecule has 0 unspecified atom stereocenters. The summed E-state index contributed by atoms with van der Waals surface area (Å²) in [6.45, 7) is 0. The normalized spacial score (nSPS) is 10.5. The van der Waals surface area contributed by atoms with Gasteiger partial charge in [-0.3, -0.25) is 4.79 Å². The Morgan fingerprint density at radius 3 is 2.84 bits per heavy atom. The number of para-hydroxylation sites is 1. The zero-order valence-corrected chi connectivity index (χ0v) is 9.85. The number of phenolic OH excluding ortho intramolecular Hbond substituents is 1. The Hall–Kier alpha value is -2.89. The zero-order valence-electron chi connectivity index (χ0n) is 9.85. The minimum Gasteiger partial charge on any atom is -0.619 e. The highest BCUT2D eigenvalue weighted by Gasteiger charge is 2.06. The van der Waals surface area contributed by atoms with Gasteiger partial charge in [0.05, 0.1) is 6.21 Å². The second-order valence-electron chi connectivity index (χ2n) is 3.71. The van der Waals surface area contributed by atoms with Gasteiger partial charge in [0.2, 0.25) is 0 Å². The lowest BCUT2D eigenvalue weighted by molar-refractivity contribution is -0.605. The van der Waals surface area contributed by atoms with E-state index in [0.717, 1.165) is 6.20 Å². The highest BCUT2D eigenvalue weighted by atomic mass is 16.5. The summed E-state index contributed by atoms with van der Waals surface area (Å²) in [7, 11) is 0. The number of benzene rings is 1. The zero-order chi connectivity index (χ0) is 13.7. The molecule has 0 aliphatic carbocycles. The van der Waals surface area contributed by atoms with E-state index < -0.39 is 5.91 Å². The Bertz CT molecular complexity index is 626. The molecule has 2 aromatic rings. The summed E-state index contributed by atoms with van der Waals surface area (Å²) >= 11 is 0. The van der Waals surface area contributed by atoms with Crippen LogP contribution in [0, 0.1) is 5.21 Å². The topological polar surface area (TPSA) is 88.6 Å². The summed E-state index contributed by atoms with van der Waals surface area (Å²) in [4.78, 5) is 11.6. The molecule has 6 nitrogen and oxygen atoms in total. The number of hydrogen-bond acceptors (Lipinski definition) is 4. The van der Waals surface area contributed by atoms with Gasteiger partial charge < -0.3 is 10.3 Å². The average molecular weight is 257 g/mol. The van der Waals surface area contributed by atoms with Crippen molar-refractivity contribution in [3.8, 4) is 5.75 Å². The van der Waals surface area contributed by atoms with E-state index in [-0.39, 0.29) is 11.3 Å². The number of carbonyl (C=O) groups excluding carboxylic acids is 1. The molecule has 0 aliphatic rings. The smallest absolute Gasteiger partial charge is 0.277 e. The number of nitrogens with zero attached hydrogens (tertiary/aromatic N) is 2. The first-order chi connectivity index (χ1) is 9.16. The van der Waals surface area contributed by atoms with Crippen molar-refractivity contribution in [1.29, 1.82) is 0 Å². The summed E-state index contributed by atoms with van der Waals surface area (Å²) in [6.07, 6.45) is 3.74. The second kappa shape index (κ2) is 5.63. The van der Waals surface area contributed by atoms with Gasteiger partial charge in [-0.1, -0.05) is 12.1 Å². The molecule has 0 saturated heterocycles. The van der Waals surface area contributed by atoms with Crippen molar-refractivity contribution in [2.45, 2.75) is 0 Å². The highest BCUT2D eigenvalue weighted by molar-refractivity contribution is 5.94. The number of carbonyl (C=O) groups is 1. The molecule has 6 heteroatoms. The predicted molar refractivity (Wildman–Crippen MR) is 68.6 cm³/mol. The maximum Gasteiger partial charge on any atom is 0.277 e. The van der Waals surface area contributed by atoms with E-state index in [0.29, 0.717) is 10.3 Å². The number of pyridine rings is 1. The first-order valence-corrected chi connectivity index (χ1v) is 5.47. The number of hydrazone groups is 1. The van der Waals surface area contributed by atoms with Crippen LogP contribution in [0.5, 0.6) is 5.75 Å². The third-order valence-corrected chi connectivity index (χ3v) is 2.34. The third-order valence-electron chi connectivity index (χ3n) is 2.34. The summed E-state index contributed by atoms with van der Waals surface area (Å²) in [5, 5.41) is 24.2. The third kappa shape index (κ3) is 3.29. The van der Waals surface area contributed by atoms with E-state index in [1.165, 1.54) is 30.6 Å². The van der Waals surface area contributed by atoms with E-state index in [1.54, 1.807) is 18.2 Å². The maximum atomic E-state index is 11.6. The van der Waals surface area contributed by atoms with Crippen LogP contribution in [0.1, 0.15) is 15.9 Å². The van der Waals surface area contributed by atoms with Crippen LogP contribution in [0.4, 0.5) is 0 Å². The molecule has 0 atom stereocenters. The predicted octanol–water partition coefficient (Wildman–Crippen LogP) is 0.790. The van der Waals surface area contributed by atoms with E-state index in [4.69, 9.17) is 0 Å². The summed E-state index contributed by atoms with van der Waals surface area (Å²) < 4.78 is 0.529. The van der Waals surface area contributed by atoms with Crippen LogP contribution in [0.25, 0.3) is 0 Å². The Kier molecular flexibility index (Phi) is 3.72. The van der Waals surface area contributed by atoms with Gasteiger partial charge in [0, 0.05) is 11.6 Å². The fourth-order valence-corrected chi connectivity index (χ4v) is 1.41. The van der Waals surface area contributed by atoms with E-state index >= 15 is 0 Å². The quantitative estimate of drug-likeness (QED) is 0.369. The number of aromatic hydroxyl groups is 1. The lowest BCUT2D eigenvalue weighted by Gasteiger charge is -2.00. The van der Waals surface area contributed by atoms with E-state index in [2.05, 4.69) is 10.5 Å². The monoisotopic (exact) mass is 257 g/mol. The Balaban J connectivity index is 2.03. The van der Waals surface area contributed by atoms with Crippen LogP contribution in [0.2, 0.25) is 0 Å². The second-order valence-corrected chi connectivity index (χ2v) is 3.71. The molecule has 0 spiro atoms. The summed E-state index contributed by atoms with van der Waals surface area (Å²) in [5.41, 5.74) is 2.95.